The van der Waals surface area contributed by atoms with Crippen molar-refractivity contribution in [2.75, 3.05) is 18.0 Å². The topological polar surface area (TPSA) is 69.3 Å². The molecule has 2 aliphatic heterocycles. The summed E-state index contributed by atoms with van der Waals surface area (Å²) in [7, 11) is 0. The predicted octanol–water partition coefficient (Wildman–Crippen LogP) is 5.90. The zero-order chi connectivity index (χ0) is 27.4. The van der Waals surface area contributed by atoms with Gasteiger partial charge < -0.3 is 4.90 Å². The van der Waals surface area contributed by atoms with Crippen LogP contribution < -0.4 is 10.5 Å². The monoisotopic (exact) mass is 548 g/mol. The zero-order valence-electron chi connectivity index (χ0n) is 22.7. The normalized spacial score (nSPS) is 17.6. The fraction of sp³-hybridized carbons (Fsp3) is 0.467. The molecule has 2 saturated heterocycles. The second kappa shape index (κ2) is 12.3. The molecule has 0 spiro atoms. The number of carbonyl (C=O) groups is 1. The first kappa shape index (κ1) is 28.1. The number of hydrogen-bond donors (Lipinski definition) is 0. The Kier molecular flexibility index (Phi) is 9.11. The Labute approximate surface area is 235 Å². The average Bonchev–Trinajstić information content (AvgIpc) is 3.19. The van der Waals surface area contributed by atoms with Gasteiger partial charge in [0.25, 0.3) is 11.5 Å². The first-order valence-electron chi connectivity index (χ1n) is 13.5. The van der Waals surface area contributed by atoms with Gasteiger partial charge in [0.15, 0.2) is 0 Å². The minimum atomic E-state index is -0.244. The number of carbonyl (C=O) groups excluding carboxylic acids is 1. The van der Waals surface area contributed by atoms with E-state index in [-0.39, 0.29) is 23.1 Å². The number of piperidine rings is 1. The number of hydrogen-bond acceptors (Lipinski definition) is 6. The van der Waals surface area contributed by atoms with Crippen molar-refractivity contribution in [1.29, 1.82) is 5.26 Å². The third kappa shape index (κ3) is 5.74. The van der Waals surface area contributed by atoms with Crippen LogP contribution in [0.2, 0.25) is 0 Å². The Morgan fingerprint density at radius 2 is 1.87 bits per heavy atom. The molecule has 1 aromatic carbocycles. The second-order valence-electron chi connectivity index (χ2n) is 10.4. The molecule has 8 heteroatoms. The molecule has 0 N–H and O–H groups in total. The summed E-state index contributed by atoms with van der Waals surface area (Å²) in [6.45, 7) is 10.00. The van der Waals surface area contributed by atoms with Gasteiger partial charge in [-0.2, -0.15) is 5.26 Å². The van der Waals surface area contributed by atoms with Crippen LogP contribution in [0.5, 0.6) is 0 Å². The van der Waals surface area contributed by atoms with Crippen LogP contribution in [0.4, 0.5) is 5.82 Å². The van der Waals surface area contributed by atoms with Crippen LogP contribution in [0.1, 0.15) is 68.7 Å². The highest BCUT2D eigenvalue weighted by molar-refractivity contribution is 8.26. The molecule has 0 unspecified atom stereocenters. The van der Waals surface area contributed by atoms with Gasteiger partial charge in [-0.05, 0) is 69.6 Å². The molecule has 0 aliphatic carbocycles. The van der Waals surface area contributed by atoms with Crippen LogP contribution >= 0.6 is 24.0 Å². The van der Waals surface area contributed by atoms with Crippen molar-refractivity contribution in [3.8, 4) is 6.07 Å². The number of amides is 1. The summed E-state index contributed by atoms with van der Waals surface area (Å²) < 4.78 is 2.32. The molecule has 6 nitrogen and oxygen atoms in total. The van der Waals surface area contributed by atoms with E-state index in [1.807, 2.05) is 32.9 Å². The summed E-state index contributed by atoms with van der Waals surface area (Å²) >= 11 is 6.80. The van der Waals surface area contributed by atoms with Gasteiger partial charge in [-0.1, -0.05) is 67.7 Å². The van der Waals surface area contributed by atoms with Gasteiger partial charge in [-0.15, -0.1) is 0 Å². The smallest absolute Gasteiger partial charge is 0.270 e. The van der Waals surface area contributed by atoms with Crippen LogP contribution in [0.25, 0.3) is 6.08 Å². The van der Waals surface area contributed by atoms with E-state index in [9.17, 15) is 14.9 Å². The number of pyridine rings is 1. The molecule has 0 saturated carbocycles. The van der Waals surface area contributed by atoms with E-state index < -0.39 is 0 Å². The number of rotatable bonds is 8. The Balaban J connectivity index is 1.76. The molecule has 2 fully saturated rings. The number of nitrogens with zero attached hydrogens (tertiary/aromatic N) is 4. The van der Waals surface area contributed by atoms with Gasteiger partial charge in [0, 0.05) is 31.2 Å². The number of anilines is 1. The van der Waals surface area contributed by atoms with Crippen LogP contribution in [-0.2, 0) is 17.8 Å². The van der Waals surface area contributed by atoms with E-state index in [1.54, 1.807) is 9.47 Å². The quantitative estimate of drug-likeness (QED) is 0.302. The largest absolute Gasteiger partial charge is 0.357 e. The maximum Gasteiger partial charge on any atom is 0.270 e. The first-order chi connectivity index (χ1) is 18.3. The lowest BCUT2D eigenvalue weighted by molar-refractivity contribution is -0.123. The lowest BCUT2D eigenvalue weighted by Crippen LogP contribution is -2.40. The summed E-state index contributed by atoms with van der Waals surface area (Å²) in [6.07, 6.45) is 6.72. The van der Waals surface area contributed by atoms with E-state index in [0.717, 1.165) is 56.6 Å². The van der Waals surface area contributed by atoms with Crippen molar-refractivity contribution in [2.24, 2.45) is 5.92 Å². The molecule has 1 amide bonds. The van der Waals surface area contributed by atoms with Crippen LogP contribution in [-0.4, -0.2) is 38.8 Å². The van der Waals surface area contributed by atoms with Gasteiger partial charge in [0.2, 0.25) is 0 Å². The molecule has 4 rings (SSSR count). The van der Waals surface area contributed by atoms with Crippen molar-refractivity contribution < 1.29 is 4.79 Å². The molecule has 2 aromatic rings. The van der Waals surface area contributed by atoms with Gasteiger partial charge in [-0.3, -0.25) is 19.1 Å². The molecule has 0 atom stereocenters. The highest BCUT2D eigenvalue weighted by Crippen LogP contribution is 2.37. The van der Waals surface area contributed by atoms with E-state index in [4.69, 9.17) is 12.2 Å². The Hall–Kier alpha value is -2.89. The molecular formula is C30H36N4O2S2. The van der Waals surface area contributed by atoms with Gasteiger partial charge in [0.1, 0.15) is 21.8 Å². The van der Waals surface area contributed by atoms with Gasteiger partial charge in [0.05, 0.1) is 4.91 Å². The van der Waals surface area contributed by atoms with Crippen molar-refractivity contribution in [3.05, 3.63) is 67.8 Å². The van der Waals surface area contributed by atoms with E-state index in [0.29, 0.717) is 27.3 Å². The second-order valence-corrected chi connectivity index (χ2v) is 12.1. The zero-order valence-corrected chi connectivity index (χ0v) is 24.3. The Morgan fingerprint density at radius 1 is 1.18 bits per heavy atom. The summed E-state index contributed by atoms with van der Waals surface area (Å²) in [5.41, 5.74) is 2.67. The summed E-state index contributed by atoms with van der Waals surface area (Å²) in [5.74, 6) is 1.29. The minimum Gasteiger partial charge on any atom is -0.357 e. The average molecular weight is 549 g/mol. The SMILES string of the molecule is CCCCn1c(N2CCC(Cc3ccccc3)CC2)c(C=C2SC(=S)N(C(C)C)C2=O)c(C)c(C#N)c1=O. The Bertz CT molecular complexity index is 1330. The maximum atomic E-state index is 13.5. The lowest BCUT2D eigenvalue weighted by Gasteiger charge is -2.36. The molecule has 38 heavy (non-hydrogen) atoms. The van der Waals surface area contributed by atoms with Crippen LogP contribution in [0.15, 0.2) is 40.0 Å². The highest BCUT2D eigenvalue weighted by Gasteiger charge is 2.35. The molecule has 2 aliphatic rings. The molecular weight excluding hydrogens is 512 g/mol. The van der Waals surface area contributed by atoms with E-state index in [2.05, 4.69) is 42.2 Å². The molecule has 200 valence electrons. The number of benzene rings is 1. The van der Waals surface area contributed by atoms with E-state index in [1.165, 1.54) is 17.3 Å². The number of nitriles is 1. The van der Waals surface area contributed by atoms with Crippen molar-refractivity contribution in [3.63, 3.8) is 0 Å². The fourth-order valence-corrected chi connectivity index (χ4v) is 6.87. The standard InChI is InChI=1S/C30H36N4O2S2/c1-5-6-14-33-27(32-15-12-23(13-16-32)17-22-10-8-7-9-11-22)24(21(4)25(19-31)28(33)35)18-26-29(36)34(20(2)3)30(37)38-26/h7-11,18,20,23H,5-6,12-17H2,1-4H3. The first-order valence-corrected chi connectivity index (χ1v) is 14.7. The number of unbranched alkanes of at least 4 members (excludes halogenated alkanes) is 1. The third-order valence-corrected chi connectivity index (χ3v) is 8.81. The fourth-order valence-electron chi connectivity index (χ4n) is 5.36. The number of aromatic nitrogens is 1. The van der Waals surface area contributed by atoms with Gasteiger partial charge in [-0.25, -0.2) is 0 Å². The Morgan fingerprint density at radius 3 is 2.45 bits per heavy atom. The van der Waals surface area contributed by atoms with E-state index >= 15 is 0 Å². The van der Waals surface area contributed by atoms with Crippen molar-refractivity contribution in [2.45, 2.75) is 72.4 Å². The van der Waals surface area contributed by atoms with Crippen molar-refractivity contribution >= 4 is 46.1 Å². The third-order valence-electron chi connectivity index (χ3n) is 7.48. The number of thiocarbonyl (C=S) groups is 1. The van der Waals surface area contributed by atoms with Crippen LogP contribution in [0.3, 0.4) is 0 Å². The van der Waals surface area contributed by atoms with Crippen molar-refractivity contribution in [1.82, 2.24) is 9.47 Å². The number of thioether (sulfide) groups is 1. The van der Waals surface area contributed by atoms with Gasteiger partial charge >= 0.3 is 0 Å². The molecule has 0 bridgehead atoms. The minimum absolute atomic E-state index is 0.0363. The van der Waals surface area contributed by atoms with Crippen LogP contribution in [0, 0.1) is 24.2 Å². The molecule has 0 radical (unpaired) electrons. The highest BCUT2D eigenvalue weighted by atomic mass is 32.2. The summed E-state index contributed by atoms with van der Waals surface area (Å²) in [4.78, 5) is 31.3. The maximum absolute atomic E-state index is 13.5. The lowest BCUT2D eigenvalue weighted by atomic mass is 9.90. The predicted molar refractivity (Wildman–Crippen MR) is 160 cm³/mol. The summed E-state index contributed by atoms with van der Waals surface area (Å²) in [5, 5.41) is 9.92. The molecule has 1 aromatic heterocycles. The molecule has 3 heterocycles. The summed E-state index contributed by atoms with van der Waals surface area (Å²) in [6, 6.07) is 12.7.